The first-order valence-corrected chi connectivity index (χ1v) is 6.20. The molecule has 1 aliphatic rings. The Kier molecular flexibility index (Phi) is 2.25. The van der Waals surface area contributed by atoms with Crippen molar-refractivity contribution in [2.24, 2.45) is 0 Å². The maximum Gasteiger partial charge on any atom is 0.158 e. The van der Waals surface area contributed by atoms with Crippen LogP contribution in [0.3, 0.4) is 0 Å². The summed E-state index contributed by atoms with van der Waals surface area (Å²) in [6.07, 6.45) is 8.67. The van der Waals surface area contributed by atoms with Crippen molar-refractivity contribution in [1.82, 2.24) is 19.5 Å². The second-order valence-corrected chi connectivity index (χ2v) is 4.79. The number of hydrogen-bond donors (Lipinski definition) is 1. The van der Waals surface area contributed by atoms with Gasteiger partial charge in [-0.1, -0.05) is 0 Å². The number of H-pyrrole nitrogens is 1. The van der Waals surface area contributed by atoms with Gasteiger partial charge in [0.25, 0.3) is 0 Å². The maximum absolute atomic E-state index is 4.39. The van der Waals surface area contributed by atoms with Gasteiger partial charge in [0, 0.05) is 24.2 Å². The minimum absolute atomic E-state index is 0.593. The fourth-order valence-electron chi connectivity index (χ4n) is 1.94. The van der Waals surface area contributed by atoms with Crippen LogP contribution < -0.4 is 0 Å². The van der Waals surface area contributed by atoms with Crippen molar-refractivity contribution in [2.45, 2.75) is 12.5 Å². The van der Waals surface area contributed by atoms with Crippen molar-refractivity contribution in [3.05, 3.63) is 24.9 Å². The molecule has 78 valence electrons. The molecule has 0 spiro atoms. The highest BCUT2D eigenvalue weighted by molar-refractivity contribution is 7.99. The van der Waals surface area contributed by atoms with E-state index in [2.05, 4.69) is 25.7 Å². The first kappa shape index (κ1) is 9.03. The number of hydrogen-bond acceptors (Lipinski definition) is 3. The average molecular weight is 220 g/mol. The number of imidazole rings is 2. The number of aromatic nitrogens is 4. The molecule has 3 heterocycles. The summed E-state index contributed by atoms with van der Waals surface area (Å²) in [6, 6.07) is 0.593. The lowest BCUT2D eigenvalue weighted by molar-refractivity contribution is 0.565. The van der Waals surface area contributed by atoms with E-state index in [9.17, 15) is 0 Å². The van der Waals surface area contributed by atoms with E-state index < -0.39 is 0 Å². The van der Waals surface area contributed by atoms with Gasteiger partial charge in [0.1, 0.15) is 5.69 Å². The van der Waals surface area contributed by atoms with Crippen molar-refractivity contribution in [2.75, 3.05) is 11.5 Å². The lowest BCUT2D eigenvalue weighted by Gasteiger charge is -2.12. The Labute approximate surface area is 92.1 Å². The zero-order valence-corrected chi connectivity index (χ0v) is 9.07. The summed E-state index contributed by atoms with van der Waals surface area (Å²) >= 11 is 2.01. The zero-order chi connectivity index (χ0) is 10.1. The van der Waals surface area contributed by atoms with E-state index in [0.717, 1.165) is 11.5 Å². The van der Waals surface area contributed by atoms with E-state index in [-0.39, 0.29) is 0 Å². The zero-order valence-electron chi connectivity index (χ0n) is 8.26. The highest BCUT2D eigenvalue weighted by Gasteiger charge is 2.20. The summed E-state index contributed by atoms with van der Waals surface area (Å²) in [4.78, 5) is 11.5. The van der Waals surface area contributed by atoms with Gasteiger partial charge in [-0.2, -0.15) is 11.8 Å². The molecule has 0 aliphatic carbocycles. The minimum Gasteiger partial charge on any atom is -0.342 e. The molecular formula is C10H12N4S. The predicted molar refractivity (Wildman–Crippen MR) is 60.8 cm³/mol. The molecule has 1 saturated heterocycles. The third kappa shape index (κ3) is 1.56. The Bertz CT molecular complexity index is 428. The van der Waals surface area contributed by atoms with E-state index in [1.54, 1.807) is 6.33 Å². The molecule has 0 radical (unpaired) electrons. The highest BCUT2D eigenvalue weighted by atomic mass is 32.2. The molecule has 3 rings (SSSR count). The van der Waals surface area contributed by atoms with Gasteiger partial charge in [-0.05, 0) is 12.2 Å². The second kappa shape index (κ2) is 3.73. The lowest BCUT2D eigenvalue weighted by Crippen LogP contribution is -2.08. The second-order valence-electron chi connectivity index (χ2n) is 3.64. The molecule has 1 fully saturated rings. The van der Waals surface area contributed by atoms with Gasteiger partial charge in [-0.3, -0.25) is 0 Å². The van der Waals surface area contributed by atoms with Gasteiger partial charge >= 0.3 is 0 Å². The largest absolute Gasteiger partial charge is 0.342 e. The molecule has 15 heavy (non-hydrogen) atoms. The van der Waals surface area contributed by atoms with Gasteiger partial charge in [-0.15, -0.1) is 0 Å². The molecule has 4 nitrogen and oxygen atoms in total. The Morgan fingerprint density at radius 1 is 1.53 bits per heavy atom. The standard InChI is InChI=1S/C10H12N4S/c1-4-15-6-8(1)14-3-2-12-10(14)9-5-11-7-13-9/h2-3,5,7-8H,1,4,6H2,(H,11,13). The number of thioether (sulfide) groups is 1. The average Bonchev–Trinajstić information content (AvgIpc) is 3.01. The van der Waals surface area contributed by atoms with Gasteiger partial charge in [0.15, 0.2) is 5.82 Å². The molecule has 0 aromatic carbocycles. The van der Waals surface area contributed by atoms with Crippen LogP contribution in [-0.4, -0.2) is 31.0 Å². The topological polar surface area (TPSA) is 46.5 Å². The SMILES string of the molecule is c1cn(C2CCSC2)c(-c2cnc[nH]2)n1. The van der Waals surface area contributed by atoms with Crippen LogP contribution in [0.2, 0.25) is 0 Å². The molecule has 0 saturated carbocycles. The molecule has 2 aromatic heterocycles. The third-order valence-electron chi connectivity index (χ3n) is 2.71. The van der Waals surface area contributed by atoms with Crippen molar-refractivity contribution < 1.29 is 0 Å². The number of nitrogens with one attached hydrogen (secondary N) is 1. The van der Waals surface area contributed by atoms with Crippen LogP contribution in [-0.2, 0) is 0 Å². The predicted octanol–water partition coefficient (Wildman–Crippen LogP) is 1.95. The summed E-state index contributed by atoms with van der Waals surface area (Å²) in [7, 11) is 0. The smallest absolute Gasteiger partial charge is 0.158 e. The molecule has 1 aliphatic heterocycles. The van der Waals surface area contributed by atoms with Crippen LogP contribution in [0.25, 0.3) is 11.5 Å². The van der Waals surface area contributed by atoms with Crippen LogP contribution in [0, 0.1) is 0 Å². The summed E-state index contributed by atoms with van der Waals surface area (Å²) in [6.45, 7) is 0. The molecule has 2 aromatic rings. The Hall–Kier alpha value is -1.23. The fourth-order valence-corrected chi connectivity index (χ4v) is 3.14. The highest BCUT2D eigenvalue weighted by Crippen LogP contribution is 2.30. The Morgan fingerprint density at radius 2 is 2.53 bits per heavy atom. The van der Waals surface area contributed by atoms with Crippen molar-refractivity contribution >= 4 is 11.8 Å². The van der Waals surface area contributed by atoms with Gasteiger partial charge in [0.2, 0.25) is 0 Å². The number of rotatable bonds is 2. The number of aromatic amines is 1. The Morgan fingerprint density at radius 3 is 3.27 bits per heavy atom. The van der Waals surface area contributed by atoms with E-state index in [0.29, 0.717) is 6.04 Å². The van der Waals surface area contributed by atoms with Crippen LogP contribution in [0.4, 0.5) is 0 Å². The van der Waals surface area contributed by atoms with Gasteiger partial charge in [-0.25, -0.2) is 9.97 Å². The normalized spacial score (nSPS) is 20.9. The minimum atomic E-state index is 0.593. The third-order valence-corrected chi connectivity index (χ3v) is 3.85. The van der Waals surface area contributed by atoms with Crippen LogP contribution in [0.5, 0.6) is 0 Å². The molecule has 5 heteroatoms. The van der Waals surface area contributed by atoms with E-state index in [1.165, 1.54) is 17.9 Å². The van der Waals surface area contributed by atoms with Crippen molar-refractivity contribution in [3.8, 4) is 11.5 Å². The molecule has 0 bridgehead atoms. The maximum atomic E-state index is 4.39. The first-order chi connectivity index (χ1) is 7.45. The van der Waals surface area contributed by atoms with Gasteiger partial charge < -0.3 is 9.55 Å². The monoisotopic (exact) mass is 220 g/mol. The van der Waals surface area contributed by atoms with Crippen LogP contribution >= 0.6 is 11.8 Å². The van der Waals surface area contributed by atoms with E-state index in [1.807, 2.05) is 24.2 Å². The fraction of sp³-hybridized carbons (Fsp3) is 0.400. The van der Waals surface area contributed by atoms with Crippen LogP contribution in [0.1, 0.15) is 12.5 Å². The molecule has 1 unspecified atom stereocenters. The molecular weight excluding hydrogens is 208 g/mol. The summed E-state index contributed by atoms with van der Waals surface area (Å²) in [5, 5.41) is 0. The summed E-state index contributed by atoms with van der Waals surface area (Å²) < 4.78 is 2.26. The van der Waals surface area contributed by atoms with E-state index >= 15 is 0 Å². The molecule has 1 N–H and O–H groups in total. The van der Waals surface area contributed by atoms with E-state index in [4.69, 9.17) is 0 Å². The first-order valence-electron chi connectivity index (χ1n) is 5.04. The summed E-state index contributed by atoms with van der Waals surface area (Å²) in [5.41, 5.74) is 0.997. The van der Waals surface area contributed by atoms with Gasteiger partial charge in [0.05, 0.1) is 12.5 Å². The number of nitrogens with zero attached hydrogens (tertiary/aromatic N) is 3. The lowest BCUT2D eigenvalue weighted by atomic mass is 10.2. The molecule has 0 amide bonds. The Balaban J connectivity index is 1.98. The molecule has 1 atom stereocenters. The van der Waals surface area contributed by atoms with Crippen LogP contribution in [0.15, 0.2) is 24.9 Å². The van der Waals surface area contributed by atoms with Crippen molar-refractivity contribution in [1.29, 1.82) is 0 Å². The summed E-state index contributed by atoms with van der Waals surface area (Å²) in [5.74, 6) is 3.45. The quantitative estimate of drug-likeness (QED) is 0.841. The van der Waals surface area contributed by atoms with Crippen molar-refractivity contribution in [3.63, 3.8) is 0 Å².